The van der Waals surface area contributed by atoms with Crippen LogP contribution in [0, 0.1) is 0 Å². The second-order valence-corrected chi connectivity index (χ2v) is 4.22. The van der Waals surface area contributed by atoms with Gasteiger partial charge >= 0.3 is 0 Å². The van der Waals surface area contributed by atoms with Crippen molar-refractivity contribution in [2.24, 2.45) is 0 Å². The van der Waals surface area contributed by atoms with E-state index in [0.29, 0.717) is 0 Å². The van der Waals surface area contributed by atoms with Crippen molar-refractivity contribution in [3.05, 3.63) is 71.8 Å². The third-order valence-corrected chi connectivity index (χ3v) is 3.02. The summed E-state index contributed by atoms with van der Waals surface area (Å²) < 4.78 is 0. The second kappa shape index (κ2) is 5.62. The number of hydrogen-bond donors (Lipinski definition) is 2. The Balaban J connectivity index is 2.39. The highest BCUT2D eigenvalue weighted by molar-refractivity contribution is 5.33. The number of nitrogens with one attached hydrogen (secondary N) is 1. The van der Waals surface area contributed by atoms with Gasteiger partial charge in [-0.15, -0.1) is 0 Å². The van der Waals surface area contributed by atoms with Crippen LogP contribution in [-0.2, 0) is 0 Å². The zero-order valence-corrected chi connectivity index (χ0v) is 9.88. The molecule has 0 amide bonds. The van der Waals surface area contributed by atoms with Crippen LogP contribution in [0.15, 0.2) is 60.7 Å². The van der Waals surface area contributed by atoms with Gasteiger partial charge in [-0.1, -0.05) is 60.7 Å². The van der Waals surface area contributed by atoms with E-state index in [9.17, 15) is 5.21 Å². The molecule has 0 aliphatic carbocycles. The van der Waals surface area contributed by atoms with Crippen LogP contribution in [0.25, 0.3) is 0 Å². The van der Waals surface area contributed by atoms with E-state index < -0.39 is 0 Å². The van der Waals surface area contributed by atoms with E-state index in [1.54, 1.807) is 0 Å². The summed E-state index contributed by atoms with van der Waals surface area (Å²) in [6.07, 6.45) is 0. The molecule has 2 N–H and O–H groups in total. The smallest absolute Gasteiger partial charge is 0.0400 e. The second-order valence-electron chi connectivity index (χ2n) is 4.22. The zero-order valence-electron chi connectivity index (χ0n) is 9.88. The van der Waals surface area contributed by atoms with Gasteiger partial charge in [0.05, 0.1) is 0 Å². The fourth-order valence-corrected chi connectivity index (χ4v) is 2.17. The maximum Gasteiger partial charge on any atom is 0.0400 e. The van der Waals surface area contributed by atoms with Gasteiger partial charge in [-0.25, -0.2) is 5.48 Å². The van der Waals surface area contributed by atoms with Gasteiger partial charge in [0, 0.05) is 12.0 Å². The summed E-state index contributed by atoms with van der Waals surface area (Å²) in [6, 6.07) is 20.4. The van der Waals surface area contributed by atoms with Gasteiger partial charge < -0.3 is 5.21 Å². The van der Waals surface area contributed by atoms with Crippen molar-refractivity contribution < 1.29 is 5.21 Å². The van der Waals surface area contributed by atoms with Crippen molar-refractivity contribution in [1.82, 2.24) is 5.48 Å². The lowest BCUT2D eigenvalue weighted by atomic mass is 9.86. The monoisotopic (exact) mass is 227 g/mol. The molecule has 2 aromatic carbocycles. The molecule has 0 heterocycles. The van der Waals surface area contributed by atoms with Crippen molar-refractivity contribution in [2.75, 3.05) is 0 Å². The van der Waals surface area contributed by atoms with E-state index in [-0.39, 0.29) is 12.0 Å². The quantitative estimate of drug-likeness (QED) is 0.786. The number of rotatable bonds is 4. The largest absolute Gasteiger partial charge is 0.317 e. The topological polar surface area (TPSA) is 32.3 Å². The Hall–Kier alpha value is -1.64. The standard InChI is InChI=1S/C15H17NO/c1-12(16-17)15(13-8-4-2-5-9-13)14-10-6-3-7-11-14/h2-12,15-17H,1H3. The van der Waals surface area contributed by atoms with Crippen molar-refractivity contribution in [2.45, 2.75) is 18.9 Å². The van der Waals surface area contributed by atoms with Crippen LogP contribution in [0.3, 0.4) is 0 Å². The van der Waals surface area contributed by atoms with E-state index in [2.05, 4.69) is 29.7 Å². The fraction of sp³-hybridized carbons (Fsp3) is 0.200. The molecule has 0 aromatic heterocycles. The molecule has 1 unspecified atom stereocenters. The first-order chi connectivity index (χ1) is 8.33. The van der Waals surface area contributed by atoms with E-state index in [1.165, 1.54) is 11.1 Å². The normalized spacial score (nSPS) is 12.6. The first-order valence-electron chi connectivity index (χ1n) is 5.82. The lowest BCUT2D eigenvalue weighted by Gasteiger charge is -2.23. The van der Waals surface area contributed by atoms with Gasteiger partial charge in [-0.2, -0.15) is 0 Å². The Morgan fingerprint density at radius 3 is 1.59 bits per heavy atom. The van der Waals surface area contributed by atoms with Gasteiger partial charge in [-0.3, -0.25) is 0 Å². The third kappa shape index (κ3) is 2.73. The van der Waals surface area contributed by atoms with Crippen molar-refractivity contribution >= 4 is 0 Å². The summed E-state index contributed by atoms with van der Waals surface area (Å²) in [5.41, 5.74) is 4.77. The summed E-state index contributed by atoms with van der Waals surface area (Å²) >= 11 is 0. The van der Waals surface area contributed by atoms with Gasteiger partial charge in [-0.05, 0) is 18.1 Å². The average molecular weight is 227 g/mol. The number of hydroxylamine groups is 1. The predicted molar refractivity (Wildman–Crippen MR) is 69.1 cm³/mol. The third-order valence-electron chi connectivity index (χ3n) is 3.02. The molecule has 2 rings (SSSR count). The molecule has 2 nitrogen and oxygen atoms in total. The molecule has 0 radical (unpaired) electrons. The molecule has 2 aromatic rings. The van der Waals surface area contributed by atoms with E-state index >= 15 is 0 Å². The average Bonchev–Trinajstić information content (AvgIpc) is 2.41. The Morgan fingerprint density at radius 1 is 0.824 bits per heavy atom. The fourth-order valence-electron chi connectivity index (χ4n) is 2.17. The minimum Gasteiger partial charge on any atom is -0.317 e. The van der Waals surface area contributed by atoms with Crippen LogP contribution in [0.1, 0.15) is 24.0 Å². The van der Waals surface area contributed by atoms with Crippen LogP contribution in [-0.4, -0.2) is 11.2 Å². The Labute approximate surface area is 102 Å². The Kier molecular flexibility index (Phi) is 3.91. The summed E-state index contributed by atoms with van der Waals surface area (Å²) in [5, 5.41) is 9.18. The van der Waals surface area contributed by atoms with E-state index in [1.807, 2.05) is 43.3 Å². The van der Waals surface area contributed by atoms with Crippen LogP contribution in [0.5, 0.6) is 0 Å². The molecule has 0 saturated heterocycles. The maximum absolute atomic E-state index is 9.18. The van der Waals surface area contributed by atoms with Gasteiger partial charge in [0.15, 0.2) is 0 Å². The van der Waals surface area contributed by atoms with Crippen LogP contribution in [0.2, 0.25) is 0 Å². The molecular formula is C15H17NO. The SMILES string of the molecule is CC(NO)C(c1ccccc1)c1ccccc1. The molecule has 0 saturated carbocycles. The highest BCUT2D eigenvalue weighted by Crippen LogP contribution is 2.27. The summed E-state index contributed by atoms with van der Waals surface area (Å²) in [7, 11) is 0. The minimum absolute atomic E-state index is 0.0280. The molecule has 88 valence electrons. The van der Waals surface area contributed by atoms with Gasteiger partial charge in [0.1, 0.15) is 0 Å². The molecule has 1 atom stereocenters. The molecular weight excluding hydrogens is 210 g/mol. The van der Waals surface area contributed by atoms with Crippen molar-refractivity contribution in [1.29, 1.82) is 0 Å². The molecule has 2 heteroatoms. The molecule has 0 aliphatic heterocycles. The van der Waals surface area contributed by atoms with Crippen LogP contribution in [0.4, 0.5) is 0 Å². The van der Waals surface area contributed by atoms with Crippen LogP contribution < -0.4 is 5.48 Å². The van der Waals surface area contributed by atoms with E-state index in [0.717, 1.165) is 0 Å². The number of benzene rings is 2. The first-order valence-corrected chi connectivity index (χ1v) is 5.82. The Morgan fingerprint density at radius 2 is 1.24 bits per heavy atom. The van der Waals surface area contributed by atoms with Crippen LogP contribution >= 0.6 is 0 Å². The van der Waals surface area contributed by atoms with Crippen molar-refractivity contribution in [3.8, 4) is 0 Å². The highest BCUT2D eigenvalue weighted by atomic mass is 16.5. The first kappa shape index (κ1) is 11.8. The molecule has 17 heavy (non-hydrogen) atoms. The molecule has 0 aliphatic rings. The Bertz CT molecular complexity index is 401. The minimum atomic E-state index is -0.0280. The molecule has 0 bridgehead atoms. The van der Waals surface area contributed by atoms with E-state index in [4.69, 9.17) is 0 Å². The zero-order chi connectivity index (χ0) is 12.1. The number of hydrogen-bond acceptors (Lipinski definition) is 2. The van der Waals surface area contributed by atoms with Crippen molar-refractivity contribution in [3.63, 3.8) is 0 Å². The maximum atomic E-state index is 9.18. The highest BCUT2D eigenvalue weighted by Gasteiger charge is 2.20. The molecule has 0 fully saturated rings. The summed E-state index contributed by atoms with van der Waals surface area (Å²) in [6.45, 7) is 1.98. The lowest BCUT2D eigenvalue weighted by Crippen LogP contribution is -2.30. The summed E-state index contributed by atoms with van der Waals surface area (Å²) in [4.78, 5) is 0. The predicted octanol–water partition coefficient (Wildman–Crippen LogP) is 3.19. The summed E-state index contributed by atoms with van der Waals surface area (Å²) in [5.74, 6) is 0.155. The van der Waals surface area contributed by atoms with Gasteiger partial charge in [0.25, 0.3) is 0 Å². The van der Waals surface area contributed by atoms with Gasteiger partial charge in [0.2, 0.25) is 0 Å². The lowest BCUT2D eigenvalue weighted by molar-refractivity contribution is 0.126. The molecule has 0 spiro atoms.